The molecule has 0 fully saturated rings. The van der Waals surface area contributed by atoms with Gasteiger partial charge in [0.1, 0.15) is 5.75 Å². The molecule has 110 valence electrons. The largest absolute Gasteiger partial charge is 0.497 e. The first-order valence-corrected chi connectivity index (χ1v) is 7.01. The average molecular weight is 304 g/mol. The van der Waals surface area contributed by atoms with E-state index in [1.54, 1.807) is 25.3 Å². The zero-order valence-electron chi connectivity index (χ0n) is 12.0. The molecule has 0 atom stereocenters. The van der Waals surface area contributed by atoms with Gasteiger partial charge in [-0.2, -0.15) is 0 Å². The normalized spacial score (nSPS) is 11.5. The van der Waals surface area contributed by atoms with Crippen LogP contribution in [0.4, 0.5) is 0 Å². The Bertz CT molecular complexity index is 668. The van der Waals surface area contributed by atoms with E-state index in [2.05, 4.69) is 15.1 Å². The van der Waals surface area contributed by atoms with E-state index in [4.69, 9.17) is 15.7 Å². The van der Waals surface area contributed by atoms with E-state index < -0.39 is 0 Å². The van der Waals surface area contributed by atoms with Gasteiger partial charge in [-0.25, -0.2) is 9.97 Å². The van der Waals surface area contributed by atoms with Gasteiger partial charge in [-0.15, -0.1) is 0 Å². The molecule has 3 N–H and O–H groups in total. The number of ether oxygens (including phenoxy) is 1. The molecule has 1 aromatic carbocycles. The predicted molar refractivity (Wildman–Crippen MR) is 81.1 cm³/mol. The van der Waals surface area contributed by atoms with Crippen molar-refractivity contribution in [2.45, 2.75) is 23.9 Å². The van der Waals surface area contributed by atoms with Crippen molar-refractivity contribution in [1.82, 2.24) is 9.97 Å². The number of hydrogen-bond acceptors (Lipinski definition) is 6. The van der Waals surface area contributed by atoms with Crippen molar-refractivity contribution >= 4 is 17.6 Å². The smallest absolute Gasteiger partial charge is 0.192 e. The molecule has 1 heterocycles. The number of aryl methyl sites for hydroxylation is 2. The third kappa shape index (κ3) is 3.63. The predicted octanol–water partition coefficient (Wildman–Crippen LogP) is 2.35. The average Bonchev–Trinajstić information content (AvgIpc) is 2.45. The zero-order chi connectivity index (χ0) is 15.4. The molecule has 0 aliphatic heterocycles. The van der Waals surface area contributed by atoms with Crippen LogP contribution in [0.5, 0.6) is 5.75 Å². The number of rotatable bonds is 4. The minimum Gasteiger partial charge on any atom is -0.497 e. The summed E-state index contributed by atoms with van der Waals surface area (Å²) in [5, 5.41) is 12.5. The minimum absolute atomic E-state index is 0.0320. The van der Waals surface area contributed by atoms with Crippen LogP contribution in [-0.4, -0.2) is 28.1 Å². The van der Waals surface area contributed by atoms with Crippen molar-refractivity contribution in [3.8, 4) is 5.75 Å². The Kier molecular flexibility index (Phi) is 4.64. The third-order valence-electron chi connectivity index (χ3n) is 2.74. The van der Waals surface area contributed by atoms with Gasteiger partial charge in [-0.05, 0) is 49.9 Å². The second-order valence-corrected chi connectivity index (χ2v) is 5.39. The molecular formula is C14H16N4O2S. The number of amidine groups is 1. The van der Waals surface area contributed by atoms with E-state index in [0.717, 1.165) is 16.3 Å². The second kappa shape index (κ2) is 6.45. The van der Waals surface area contributed by atoms with Crippen molar-refractivity contribution < 1.29 is 9.94 Å². The van der Waals surface area contributed by atoms with Crippen LogP contribution in [0.25, 0.3) is 0 Å². The Morgan fingerprint density at radius 1 is 1.24 bits per heavy atom. The van der Waals surface area contributed by atoms with E-state index in [1.165, 1.54) is 11.8 Å². The highest BCUT2D eigenvalue weighted by Crippen LogP contribution is 2.31. The SMILES string of the molecule is COc1ccc(/C(N)=N/O)c(Sc2nc(C)cc(C)n2)c1. The standard InChI is InChI=1S/C14H16N4O2S/c1-8-6-9(2)17-14(16-8)21-12-7-10(20-3)4-5-11(12)13(15)18-19/h4-7,19H,1-3H3,(H2,15,18). The number of hydrogen-bond donors (Lipinski definition) is 2. The molecule has 0 radical (unpaired) electrons. The van der Waals surface area contributed by atoms with Gasteiger partial charge in [0.15, 0.2) is 11.0 Å². The Hall–Kier alpha value is -2.28. The molecule has 7 heteroatoms. The van der Waals surface area contributed by atoms with Gasteiger partial charge in [-0.1, -0.05) is 5.16 Å². The highest BCUT2D eigenvalue weighted by Gasteiger charge is 2.12. The van der Waals surface area contributed by atoms with Crippen LogP contribution in [0.1, 0.15) is 17.0 Å². The van der Waals surface area contributed by atoms with E-state index in [1.807, 2.05) is 19.9 Å². The molecule has 0 aliphatic carbocycles. The molecule has 0 unspecified atom stereocenters. The summed E-state index contributed by atoms with van der Waals surface area (Å²) in [6, 6.07) is 7.19. The summed E-state index contributed by atoms with van der Waals surface area (Å²) in [7, 11) is 1.58. The van der Waals surface area contributed by atoms with Gasteiger partial charge in [0.25, 0.3) is 0 Å². The van der Waals surface area contributed by atoms with Crippen LogP contribution >= 0.6 is 11.8 Å². The van der Waals surface area contributed by atoms with Crippen LogP contribution < -0.4 is 10.5 Å². The van der Waals surface area contributed by atoms with E-state index in [-0.39, 0.29) is 5.84 Å². The molecule has 1 aromatic heterocycles. The summed E-state index contributed by atoms with van der Waals surface area (Å²) in [5.74, 6) is 0.709. The fraction of sp³-hybridized carbons (Fsp3) is 0.214. The minimum atomic E-state index is 0.0320. The molecule has 0 saturated carbocycles. The summed E-state index contributed by atoms with van der Waals surface area (Å²) in [6.45, 7) is 3.82. The Labute approximate surface area is 127 Å². The highest BCUT2D eigenvalue weighted by molar-refractivity contribution is 7.99. The molecule has 0 bridgehead atoms. The van der Waals surface area contributed by atoms with E-state index in [0.29, 0.717) is 16.5 Å². The lowest BCUT2D eigenvalue weighted by Gasteiger charge is -2.10. The van der Waals surface area contributed by atoms with Crippen LogP contribution in [0.15, 0.2) is 39.5 Å². The van der Waals surface area contributed by atoms with Crippen LogP contribution in [0, 0.1) is 13.8 Å². The van der Waals surface area contributed by atoms with Crippen LogP contribution in [-0.2, 0) is 0 Å². The maximum atomic E-state index is 8.88. The lowest BCUT2D eigenvalue weighted by molar-refractivity contribution is 0.318. The van der Waals surface area contributed by atoms with Crippen LogP contribution in [0.2, 0.25) is 0 Å². The highest BCUT2D eigenvalue weighted by atomic mass is 32.2. The summed E-state index contributed by atoms with van der Waals surface area (Å²) in [4.78, 5) is 9.52. The number of oxime groups is 1. The van der Waals surface area contributed by atoms with Gasteiger partial charge >= 0.3 is 0 Å². The van der Waals surface area contributed by atoms with Gasteiger partial charge in [-0.3, -0.25) is 0 Å². The van der Waals surface area contributed by atoms with Crippen molar-refractivity contribution in [3.63, 3.8) is 0 Å². The quantitative estimate of drug-likeness (QED) is 0.296. The molecule has 2 aromatic rings. The monoisotopic (exact) mass is 304 g/mol. The topological polar surface area (TPSA) is 93.6 Å². The Morgan fingerprint density at radius 2 is 1.90 bits per heavy atom. The van der Waals surface area contributed by atoms with Gasteiger partial charge < -0.3 is 15.7 Å². The lowest BCUT2D eigenvalue weighted by atomic mass is 10.2. The first kappa shape index (κ1) is 15.1. The van der Waals surface area contributed by atoms with Crippen molar-refractivity contribution in [1.29, 1.82) is 0 Å². The van der Waals surface area contributed by atoms with Gasteiger partial charge in [0.05, 0.1) is 7.11 Å². The van der Waals surface area contributed by atoms with Crippen molar-refractivity contribution in [2.24, 2.45) is 10.9 Å². The number of nitrogens with two attached hydrogens (primary N) is 1. The number of aromatic nitrogens is 2. The summed E-state index contributed by atoms with van der Waals surface area (Å²) >= 11 is 1.34. The second-order valence-electron chi connectivity index (χ2n) is 4.38. The van der Waals surface area contributed by atoms with E-state index >= 15 is 0 Å². The summed E-state index contributed by atoms with van der Waals surface area (Å²) in [6.07, 6.45) is 0. The molecular weight excluding hydrogens is 288 g/mol. The molecule has 0 saturated heterocycles. The fourth-order valence-corrected chi connectivity index (χ4v) is 2.85. The van der Waals surface area contributed by atoms with Gasteiger partial charge in [0.2, 0.25) is 0 Å². The lowest BCUT2D eigenvalue weighted by Crippen LogP contribution is -2.14. The van der Waals surface area contributed by atoms with E-state index in [9.17, 15) is 0 Å². The number of nitrogens with zero attached hydrogens (tertiary/aromatic N) is 3. The molecule has 2 rings (SSSR count). The summed E-state index contributed by atoms with van der Waals surface area (Å²) < 4.78 is 5.21. The molecule has 6 nitrogen and oxygen atoms in total. The number of methoxy groups -OCH3 is 1. The fourth-order valence-electron chi connectivity index (χ4n) is 1.82. The van der Waals surface area contributed by atoms with Crippen molar-refractivity contribution in [3.05, 3.63) is 41.2 Å². The van der Waals surface area contributed by atoms with Crippen molar-refractivity contribution in [2.75, 3.05) is 7.11 Å². The third-order valence-corrected chi connectivity index (χ3v) is 3.66. The summed E-state index contributed by atoms with van der Waals surface area (Å²) in [5.41, 5.74) is 8.08. The maximum absolute atomic E-state index is 8.88. The molecule has 0 spiro atoms. The molecule has 0 amide bonds. The first-order valence-electron chi connectivity index (χ1n) is 6.19. The first-order chi connectivity index (χ1) is 10.0. The van der Waals surface area contributed by atoms with Gasteiger partial charge in [0, 0.05) is 21.8 Å². The zero-order valence-corrected chi connectivity index (χ0v) is 12.8. The molecule has 21 heavy (non-hydrogen) atoms. The number of benzene rings is 1. The Balaban J connectivity index is 2.45. The van der Waals surface area contributed by atoms with Crippen LogP contribution in [0.3, 0.4) is 0 Å². The molecule has 0 aliphatic rings. The Morgan fingerprint density at radius 3 is 2.48 bits per heavy atom. The maximum Gasteiger partial charge on any atom is 0.192 e.